The van der Waals surface area contributed by atoms with Gasteiger partial charge in [0.05, 0.1) is 17.8 Å². The fourth-order valence-electron chi connectivity index (χ4n) is 5.15. The Balaban J connectivity index is 1.30. The van der Waals surface area contributed by atoms with Crippen LogP contribution in [0.3, 0.4) is 0 Å². The number of halogens is 1. The number of aromatic nitrogens is 2. The van der Waals surface area contributed by atoms with E-state index >= 15 is 4.39 Å². The SMILES string of the molecule is Cn1c(=O)n(C2CCC(=O)NC2=O)c2ccc(N3CCC(COCc4ccccc4)CC3)c(F)c21. The number of rotatable bonds is 6. The molecular formula is C26H29FN4O4. The summed E-state index contributed by atoms with van der Waals surface area (Å²) < 4.78 is 24.2. The molecule has 0 aliphatic carbocycles. The van der Waals surface area contributed by atoms with Crippen LogP contribution >= 0.6 is 0 Å². The molecule has 1 N–H and O–H groups in total. The zero-order valence-electron chi connectivity index (χ0n) is 19.7. The molecule has 5 rings (SSSR count). The van der Waals surface area contributed by atoms with Crippen LogP contribution in [0.15, 0.2) is 47.3 Å². The van der Waals surface area contributed by atoms with Crippen molar-refractivity contribution in [1.82, 2.24) is 14.5 Å². The first-order valence-electron chi connectivity index (χ1n) is 12.0. The first-order valence-corrected chi connectivity index (χ1v) is 12.0. The van der Waals surface area contributed by atoms with Crippen molar-refractivity contribution >= 4 is 28.5 Å². The highest BCUT2D eigenvalue weighted by molar-refractivity contribution is 6.00. The lowest BCUT2D eigenvalue weighted by atomic mass is 9.97. The van der Waals surface area contributed by atoms with Gasteiger partial charge in [0.15, 0.2) is 5.82 Å². The van der Waals surface area contributed by atoms with E-state index in [9.17, 15) is 14.4 Å². The first-order chi connectivity index (χ1) is 16.9. The van der Waals surface area contributed by atoms with Crippen molar-refractivity contribution in [3.63, 3.8) is 0 Å². The highest BCUT2D eigenvalue weighted by atomic mass is 19.1. The quantitative estimate of drug-likeness (QED) is 0.549. The normalized spacial score (nSPS) is 19.4. The first kappa shape index (κ1) is 23.3. The second kappa shape index (κ2) is 9.65. The molecule has 1 atom stereocenters. The van der Waals surface area contributed by atoms with Crippen molar-refractivity contribution in [3.05, 3.63) is 64.3 Å². The fourth-order valence-corrected chi connectivity index (χ4v) is 5.15. The number of fused-ring (bicyclic) bond motifs is 1. The number of carbonyl (C=O) groups excluding carboxylic acids is 2. The number of benzene rings is 2. The molecule has 35 heavy (non-hydrogen) atoms. The van der Waals surface area contributed by atoms with Gasteiger partial charge in [0, 0.05) is 33.2 Å². The minimum absolute atomic E-state index is 0.143. The molecule has 1 aromatic heterocycles. The van der Waals surface area contributed by atoms with Gasteiger partial charge in [-0.3, -0.25) is 24.0 Å². The molecule has 2 aromatic carbocycles. The number of nitrogens with one attached hydrogen (secondary N) is 1. The average Bonchev–Trinajstić information content (AvgIpc) is 3.11. The molecule has 2 saturated heterocycles. The van der Waals surface area contributed by atoms with Crippen LogP contribution < -0.4 is 15.9 Å². The summed E-state index contributed by atoms with van der Waals surface area (Å²) in [4.78, 5) is 38.9. The Labute approximate surface area is 202 Å². The van der Waals surface area contributed by atoms with Gasteiger partial charge in [-0.05, 0) is 42.9 Å². The highest BCUT2D eigenvalue weighted by Gasteiger charge is 2.32. The summed E-state index contributed by atoms with van der Waals surface area (Å²) in [7, 11) is 1.51. The van der Waals surface area contributed by atoms with Gasteiger partial charge in [0.25, 0.3) is 0 Å². The predicted octanol–water partition coefficient (Wildman–Crippen LogP) is 2.89. The van der Waals surface area contributed by atoms with Gasteiger partial charge in [-0.15, -0.1) is 0 Å². The molecule has 8 nitrogen and oxygen atoms in total. The Bertz CT molecular complexity index is 1310. The molecule has 2 fully saturated rings. The predicted molar refractivity (Wildman–Crippen MR) is 130 cm³/mol. The Kier molecular flexibility index (Phi) is 6.42. The van der Waals surface area contributed by atoms with E-state index in [0.29, 0.717) is 43.4 Å². The van der Waals surface area contributed by atoms with Gasteiger partial charge in [0.2, 0.25) is 11.8 Å². The molecule has 9 heteroatoms. The monoisotopic (exact) mass is 480 g/mol. The second-order valence-electron chi connectivity index (χ2n) is 9.38. The number of nitrogens with zero attached hydrogens (tertiary/aromatic N) is 3. The van der Waals surface area contributed by atoms with Crippen molar-refractivity contribution in [2.24, 2.45) is 13.0 Å². The molecule has 184 valence electrons. The molecule has 0 radical (unpaired) electrons. The Morgan fingerprint density at radius 1 is 1.03 bits per heavy atom. The van der Waals surface area contributed by atoms with Gasteiger partial charge in [-0.1, -0.05) is 30.3 Å². The minimum atomic E-state index is -0.833. The number of amides is 2. The lowest BCUT2D eigenvalue weighted by Crippen LogP contribution is -2.44. The molecule has 3 aromatic rings. The van der Waals surface area contributed by atoms with Crippen LogP contribution in [0.2, 0.25) is 0 Å². The number of ether oxygens (including phenoxy) is 1. The zero-order valence-corrected chi connectivity index (χ0v) is 19.7. The summed E-state index contributed by atoms with van der Waals surface area (Å²) in [5, 5.41) is 2.28. The Morgan fingerprint density at radius 2 is 1.77 bits per heavy atom. The summed E-state index contributed by atoms with van der Waals surface area (Å²) in [5.41, 5.74) is 1.66. The molecule has 1 unspecified atom stereocenters. The largest absolute Gasteiger partial charge is 0.376 e. The molecule has 0 spiro atoms. The summed E-state index contributed by atoms with van der Waals surface area (Å²) in [6, 6.07) is 12.6. The van der Waals surface area contributed by atoms with Crippen LogP contribution in [0.4, 0.5) is 10.1 Å². The zero-order chi connectivity index (χ0) is 24.5. The van der Waals surface area contributed by atoms with E-state index < -0.39 is 23.5 Å². The van der Waals surface area contributed by atoms with E-state index in [1.165, 1.54) is 16.2 Å². The van der Waals surface area contributed by atoms with E-state index in [4.69, 9.17) is 4.74 Å². The van der Waals surface area contributed by atoms with Gasteiger partial charge in [0.1, 0.15) is 11.6 Å². The number of imidazole rings is 1. The van der Waals surface area contributed by atoms with E-state index in [-0.39, 0.29) is 24.3 Å². The van der Waals surface area contributed by atoms with E-state index in [1.807, 2.05) is 35.2 Å². The minimum Gasteiger partial charge on any atom is -0.376 e. The number of aryl methyl sites for hydroxylation is 1. The van der Waals surface area contributed by atoms with Gasteiger partial charge in [-0.2, -0.15) is 0 Å². The third-order valence-electron chi connectivity index (χ3n) is 7.10. The maximum absolute atomic E-state index is 15.7. The second-order valence-corrected chi connectivity index (χ2v) is 9.38. The van der Waals surface area contributed by atoms with Crippen LogP contribution in [0.1, 0.15) is 37.3 Å². The van der Waals surface area contributed by atoms with Crippen molar-refractivity contribution in [2.75, 3.05) is 24.6 Å². The van der Waals surface area contributed by atoms with Crippen LogP contribution in [-0.4, -0.2) is 40.6 Å². The number of piperidine rings is 2. The standard InChI is InChI=1S/C26H29FN4O4/c1-29-24-20(31(26(29)34)21-9-10-22(32)28-25(21)33)8-7-19(23(24)27)30-13-11-18(12-14-30)16-35-15-17-5-3-2-4-6-17/h2-8,18,21H,9-16H2,1H3,(H,28,32,33). The van der Waals surface area contributed by atoms with E-state index in [0.717, 1.165) is 18.4 Å². The average molecular weight is 481 g/mol. The third-order valence-corrected chi connectivity index (χ3v) is 7.10. The van der Waals surface area contributed by atoms with Gasteiger partial charge < -0.3 is 9.64 Å². The molecule has 0 bridgehead atoms. The van der Waals surface area contributed by atoms with E-state index in [1.54, 1.807) is 12.1 Å². The Hall–Kier alpha value is -3.46. The molecular weight excluding hydrogens is 451 g/mol. The fraction of sp³-hybridized carbons (Fsp3) is 0.423. The van der Waals surface area contributed by atoms with Gasteiger partial charge >= 0.3 is 5.69 Å². The topological polar surface area (TPSA) is 85.6 Å². The summed E-state index contributed by atoms with van der Waals surface area (Å²) in [5.74, 6) is -0.939. The van der Waals surface area contributed by atoms with Crippen molar-refractivity contribution < 1.29 is 18.7 Å². The van der Waals surface area contributed by atoms with Crippen molar-refractivity contribution in [3.8, 4) is 0 Å². The molecule has 3 heterocycles. The Morgan fingerprint density at radius 3 is 2.49 bits per heavy atom. The number of anilines is 1. The lowest BCUT2D eigenvalue weighted by Gasteiger charge is -2.33. The third kappa shape index (κ3) is 4.48. The molecule has 2 aliphatic rings. The number of imide groups is 1. The summed E-state index contributed by atoms with van der Waals surface area (Å²) in [6.07, 6.45) is 2.14. The maximum Gasteiger partial charge on any atom is 0.329 e. The summed E-state index contributed by atoms with van der Waals surface area (Å²) >= 11 is 0. The lowest BCUT2D eigenvalue weighted by molar-refractivity contribution is -0.135. The van der Waals surface area contributed by atoms with Crippen LogP contribution in [-0.2, 0) is 28.0 Å². The van der Waals surface area contributed by atoms with Crippen LogP contribution in [0, 0.1) is 11.7 Å². The number of hydrogen-bond acceptors (Lipinski definition) is 5. The maximum atomic E-state index is 15.7. The summed E-state index contributed by atoms with van der Waals surface area (Å²) in [6.45, 7) is 2.66. The molecule has 2 aliphatic heterocycles. The van der Waals surface area contributed by atoms with Gasteiger partial charge in [-0.25, -0.2) is 9.18 Å². The molecule has 2 amide bonds. The van der Waals surface area contributed by atoms with Crippen LogP contribution in [0.25, 0.3) is 11.0 Å². The van der Waals surface area contributed by atoms with Crippen LogP contribution in [0.5, 0.6) is 0 Å². The smallest absolute Gasteiger partial charge is 0.329 e. The van der Waals surface area contributed by atoms with E-state index in [2.05, 4.69) is 5.32 Å². The highest BCUT2D eigenvalue weighted by Crippen LogP contribution is 2.32. The number of carbonyl (C=O) groups is 2. The van der Waals surface area contributed by atoms with Crippen molar-refractivity contribution in [2.45, 2.75) is 38.3 Å². The molecule has 0 saturated carbocycles. The van der Waals surface area contributed by atoms with Crippen molar-refractivity contribution in [1.29, 1.82) is 0 Å². The number of hydrogen-bond donors (Lipinski definition) is 1.